The number of aromatic carboxylic acids is 1. The molecule has 0 aliphatic carbocycles. The monoisotopic (exact) mass is 139 g/mol. The van der Waals surface area contributed by atoms with Crippen LogP contribution in [0.1, 0.15) is 10.4 Å². The molecule has 0 radical (unpaired) electrons. The van der Waals surface area contributed by atoms with Crippen molar-refractivity contribution in [2.75, 3.05) is 5.73 Å². The van der Waals surface area contributed by atoms with Crippen LogP contribution in [0.25, 0.3) is 0 Å². The van der Waals surface area contributed by atoms with Crippen LogP contribution in [-0.4, -0.2) is 16.1 Å². The first-order chi connectivity index (χ1) is 4.72. The Bertz CT molecular complexity index is 260. The van der Waals surface area contributed by atoms with Gasteiger partial charge in [0.15, 0.2) is 0 Å². The molecule has 0 saturated heterocycles. The average Bonchev–Trinajstić information content (AvgIpc) is 1.88. The van der Waals surface area contributed by atoms with E-state index in [0.29, 0.717) is 0 Å². The van der Waals surface area contributed by atoms with E-state index in [1.807, 2.05) is 0 Å². The number of carboxylic acids is 1. The summed E-state index contributed by atoms with van der Waals surface area (Å²) in [6, 6.07) is 2.94. The molecule has 0 aromatic carbocycles. The molecule has 4 heteroatoms. The van der Waals surface area contributed by atoms with Crippen molar-refractivity contribution >= 4 is 11.8 Å². The molecule has 0 fully saturated rings. The molecular weight excluding hydrogens is 133 g/mol. The largest absolute Gasteiger partial charge is 0.478 e. The zero-order chi connectivity index (χ0) is 7.56. The molecule has 10 heavy (non-hydrogen) atoms. The number of pyridine rings is 1. The van der Waals surface area contributed by atoms with Gasteiger partial charge in [0, 0.05) is 6.20 Å². The van der Waals surface area contributed by atoms with E-state index >= 15 is 0 Å². The predicted molar refractivity (Wildman–Crippen MR) is 35.6 cm³/mol. The van der Waals surface area contributed by atoms with E-state index in [-0.39, 0.29) is 11.4 Å². The van der Waals surface area contributed by atoms with Crippen LogP contribution in [0.15, 0.2) is 18.3 Å². The maximum Gasteiger partial charge on any atom is 0.339 e. The van der Waals surface area contributed by atoms with E-state index in [0.717, 1.165) is 0 Å². The van der Waals surface area contributed by atoms with Crippen LogP contribution in [0.5, 0.6) is 0 Å². The summed E-state index contributed by atoms with van der Waals surface area (Å²) in [5, 5.41) is 8.45. The van der Waals surface area contributed by atoms with Gasteiger partial charge in [0.1, 0.15) is 11.4 Å². The quantitative estimate of drug-likeness (QED) is 0.551. The predicted octanol–water partition coefficient (Wildman–Crippen LogP) is 0.362. The van der Waals surface area contributed by atoms with Crippen molar-refractivity contribution in [3.63, 3.8) is 0 Å². The number of hydrogen-bond acceptors (Lipinski definition) is 3. The fraction of sp³-hybridized carbons (Fsp3) is 0. The van der Waals surface area contributed by atoms with Crippen molar-refractivity contribution in [2.24, 2.45) is 0 Å². The van der Waals surface area contributed by atoms with Gasteiger partial charge in [-0.25, -0.2) is 9.78 Å². The van der Waals surface area contributed by atoms with Crippen LogP contribution >= 0.6 is 0 Å². The van der Waals surface area contributed by atoms with Gasteiger partial charge < -0.3 is 10.8 Å². The van der Waals surface area contributed by atoms with Crippen molar-refractivity contribution in [1.82, 2.24) is 4.98 Å². The van der Waals surface area contributed by atoms with Crippen LogP contribution in [0, 0.1) is 0 Å². The number of hydrogen-bond donors (Lipinski definition) is 2. The summed E-state index contributed by atoms with van der Waals surface area (Å²) in [7, 11) is 0. The molecule has 1 rings (SSSR count). The van der Waals surface area contributed by atoms with E-state index in [2.05, 4.69) is 4.98 Å². The highest BCUT2D eigenvalue weighted by atomic mass is 16.5. The summed E-state index contributed by atoms with van der Waals surface area (Å²) in [6.07, 6.45) is 1.45. The van der Waals surface area contributed by atoms with Crippen LogP contribution < -0.4 is 5.73 Å². The lowest BCUT2D eigenvalue weighted by Gasteiger charge is -1.95. The van der Waals surface area contributed by atoms with Crippen LogP contribution in [0.2, 0.25) is 0 Å². The third-order valence-electron chi connectivity index (χ3n) is 1.07. The summed E-state index contributed by atoms with van der Waals surface area (Å²) >= 11 is 0. The van der Waals surface area contributed by atoms with Gasteiger partial charge in [-0.2, -0.15) is 0 Å². The Labute approximate surface area is 57.3 Å². The third-order valence-corrected chi connectivity index (χ3v) is 1.07. The fourth-order valence-electron chi connectivity index (χ4n) is 0.598. The first kappa shape index (κ1) is 6.54. The number of carbonyl (C=O) groups is 1. The Morgan fingerprint density at radius 3 is 2.80 bits per heavy atom. The molecule has 0 aliphatic heterocycles. The van der Waals surface area contributed by atoms with E-state index in [9.17, 15) is 4.79 Å². The molecule has 0 aliphatic rings. The Hall–Kier alpha value is -1.58. The molecule has 0 atom stereocenters. The number of rotatable bonds is 1. The van der Waals surface area contributed by atoms with Gasteiger partial charge in [0.2, 0.25) is 0 Å². The van der Waals surface area contributed by atoms with Gasteiger partial charge in [0.05, 0.1) is 0 Å². The minimum atomic E-state index is -1.05. The number of carboxylic acid groups (broad SMARTS) is 1. The molecule has 1 aromatic heterocycles. The number of anilines is 1. The van der Waals surface area contributed by atoms with Crippen molar-refractivity contribution in [1.29, 1.82) is 0 Å². The zero-order valence-electron chi connectivity index (χ0n) is 5.11. The normalized spacial score (nSPS) is 9.20. The highest BCUT2D eigenvalue weighted by Crippen LogP contribution is 2.05. The van der Waals surface area contributed by atoms with E-state index in [4.69, 9.17) is 10.8 Å². The molecule has 0 bridgehead atoms. The van der Waals surface area contributed by atoms with Crippen LogP contribution in [0.3, 0.4) is 0 Å². The Morgan fingerprint density at radius 2 is 2.40 bits per heavy atom. The number of nitrogen functional groups attached to an aromatic ring is 1. The van der Waals surface area contributed by atoms with Gasteiger partial charge in [-0.15, -0.1) is 0 Å². The molecule has 1 heterocycles. The minimum Gasteiger partial charge on any atom is -0.478 e. The maximum absolute atomic E-state index is 10.3. The summed E-state index contributed by atoms with van der Waals surface area (Å²) in [6.45, 7) is 0. The van der Waals surface area contributed by atoms with Crippen molar-refractivity contribution < 1.29 is 9.90 Å². The van der Waals surface area contributed by atoms with Gasteiger partial charge in [-0.3, -0.25) is 0 Å². The average molecular weight is 139 g/mol. The highest BCUT2D eigenvalue weighted by Gasteiger charge is 2.05. The van der Waals surface area contributed by atoms with Crippen molar-refractivity contribution in [2.45, 2.75) is 0 Å². The summed E-state index contributed by atoms with van der Waals surface area (Å²) in [5.41, 5.74) is 5.27. The molecular formula is C6H6N2O2. The second-order valence-electron chi connectivity index (χ2n) is 1.74. The zero-order valence-corrected chi connectivity index (χ0v) is 5.11. The van der Waals surface area contributed by atoms with Crippen molar-refractivity contribution in [3.8, 4) is 0 Å². The molecule has 1 aromatic rings. The minimum absolute atomic E-state index is 0.0440. The second kappa shape index (κ2) is 2.34. The number of nitrogens with zero attached hydrogens (tertiary/aromatic N) is 1. The molecule has 52 valence electrons. The topological polar surface area (TPSA) is 76.2 Å². The van der Waals surface area contributed by atoms with Crippen LogP contribution in [-0.2, 0) is 0 Å². The Balaban J connectivity index is 3.15. The van der Waals surface area contributed by atoms with Gasteiger partial charge >= 0.3 is 5.97 Å². The van der Waals surface area contributed by atoms with E-state index in [1.165, 1.54) is 18.3 Å². The lowest BCUT2D eigenvalue weighted by Crippen LogP contribution is -2.03. The molecule has 0 saturated carbocycles. The van der Waals surface area contributed by atoms with E-state index in [1.54, 1.807) is 0 Å². The standard InChI is InChI=1S/C6H6N2O2/c7-5-4(6(9)10)2-1-3-8-5/h1-3H,(H2,7,8)(H,9,10)/i6+1. The summed E-state index contributed by atoms with van der Waals surface area (Å²) in [4.78, 5) is 13.9. The number of aromatic nitrogens is 1. The fourth-order valence-corrected chi connectivity index (χ4v) is 0.598. The lowest BCUT2D eigenvalue weighted by molar-refractivity contribution is 0.0697. The van der Waals surface area contributed by atoms with Gasteiger partial charge in [-0.05, 0) is 12.1 Å². The highest BCUT2D eigenvalue weighted by molar-refractivity contribution is 5.92. The molecule has 4 nitrogen and oxygen atoms in total. The van der Waals surface area contributed by atoms with Crippen molar-refractivity contribution in [3.05, 3.63) is 23.9 Å². The first-order valence-corrected chi connectivity index (χ1v) is 2.65. The molecule has 3 N–H and O–H groups in total. The smallest absolute Gasteiger partial charge is 0.339 e. The van der Waals surface area contributed by atoms with E-state index < -0.39 is 5.97 Å². The van der Waals surface area contributed by atoms with Crippen LogP contribution in [0.4, 0.5) is 5.82 Å². The number of nitrogens with two attached hydrogens (primary N) is 1. The maximum atomic E-state index is 10.3. The summed E-state index contributed by atoms with van der Waals surface area (Å²) < 4.78 is 0. The SMILES string of the molecule is Nc1ncccc1[13C](=O)O. The molecule has 0 unspecified atom stereocenters. The van der Waals surface area contributed by atoms with Gasteiger partial charge in [0.25, 0.3) is 0 Å². The second-order valence-corrected chi connectivity index (χ2v) is 1.74. The van der Waals surface area contributed by atoms with Gasteiger partial charge in [-0.1, -0.05) is 0 Å². The lowest BCUT2D eigenvalue weighted by atomic mass is 10.4. The molecule has 0 spiro atoms. The molecule has 0 amide bonds. The first-order valence-electron chi connectivity index (χ1n) is 2.65. The summed E-state index contributed by atoms with van der Waals surface area (Å²) in [5.74, 6) is -0.999. The third kappa shape index (κ3) is 1.05. The Kier molecular flexibility index (Phi) is 1.53. The Morgan fingerprint density at radius 1 is 1.70 bits per heavy atom.